The van der Waals surface area contributed by atoms with Crippen LogP contribution in [0.25, 0.3) is 33.3 Å². The van der Waals surface area contributed by atoms with Crippen LogP contribution >= 0.6 is 23.2 Å². The van der Waals surface area contributed by atoms with Crippen molar-refractivity contribution in [2.75, 3.05) is 0 Å². The second-order valence-electron chi connectivity index (χ2n) is 8.48. The van der Waals surface area contributed by atoms with Gasteiger partial charge in [-0.05, 0) is 41.5 Å². The van der Waals surface area contributed by atoms with E-state index >= 15 is 0 Å². The molecule has 0 amide bonds. The maximum atomic E-state index is 6.44. The van der Waals surface area contributed by atoms with Crippen molar-refractivity contribution < 1.29 is 9.26 Å². The van der Waals surface area contributed by atoms with E-state index < -0.39 is 0 Å². The molecule has 2 heterocycles. The fourth-order valence-electron chi connectivity index (χ4n) is 4.06. The van der Waals surface area contributed by atoms with E-state index in [1.54, 1.807) is 18.2 Å². The SMILES string of the molecule is CC(C)c1onc(-c2c(Cl)cccc2Cl)c1COc1ccc(-c2ccc3cnn(C)c3c2)cc1. The van der Waals surface area contributed by atoms with Gasteiger partial charge in [0.05, 0.1) is 27.3 Å². The highest BCUT2D eigenvalue weighted by Gasteiger charge is 2.23. The second kappa shape index (κ2) is 9.16. The molecule has 7 heteroatoms. The van der Waals surface area contributed by atoms with Crippen LogP contribution in [0.2, 0.25) is 10.0 Å². The Morgan fingerprint density at radius 2 is 1.68 bits per heavy atom. The number of ether oxygens (including phenoxy) is 1. The molecule has 0 N–H and O–H groups in total. The summed E-state index contributed by atoms with van der Waals surface area (Å²) in [7, 11) is 1.95. The normalized spacial score (nSPS) is 11.5. The Bertz CT molecular complexity index is 1450. The number of halogens is 2. The number of aromatic nitrogens is 3. The highest BCUT2D eigenvalue weighted by atomic mass is 35.5. The van der Waals surface area contributed by atoms with Crippen LogP contribution in [-0.2, 0) is 13.7 Å². The van der Waals surface area contributed by atoms with Crippen LogP contribution in [0.3, 0.4) is 0 Å². The van der Waals surface area contributed by atoms with Gasteiger partial charge in [-0.15, -0.1) is 0 Å². The van der Waals surface area contributed by atoms with Crippen LogP contribution < -0.4 is 4.74 Å². The molecule has 0 spiro atoms. The summed E-state index contributed by atoms with van der Waals surface area (Å²) in [4.78, 5) is 0. The molecule has 0 aliphatic heterocycles. The Balaban J connectivity index is 1.41. The van der Waals surface area contributed by atoms with Crippen molar-refractivity contribution in [1.29, 1.82) is 0 Å². The third-order valence-corrected chi connectivity index (χ3v) is 6.49. The quantitative estimate of drug-likeness (QED) is 0.242. The first-order valence-corrected chi connectivity index (χ1v) is 11.8. The second-order valence-corrected chi connectivity index (χ2v) is 9.29. The van der Waals surface area contributed by atoms with Gasteiger partial charge < -0.3 is 9.26 Å². The van der Waals surface area contributed by atoms with Gasteiger partial charge in [-0.25, -0.2) is 0 Å². The molecule has 5 aromatic rings. The van der Waals surface area contributed by atoms with E-state index in [1.165, 1.54) is 0 Å². The Morgan fingerprint density at radius 1 is 0.971 bits per heavy atom. The first-order chi connectivity index (χ1) is 16.4. The van der Waals surface area contributed by atoms with Crippen molar-refractivity contribution in [1.82, 2.24) is 14.9 Å². The van der Waals surface area contributed by atoms with E-state index in [-0.39, 0.29) is 12.5 Å². The van der Waals surface area contributed by atoms with Gasteiger partial charge in [0.2, 0.25) is 0 Å². The summed E-state index contributed by atoms with van der Waals surface area (Å²) in [6.45, 7) is 4.39. The Labute approximate surface area is 207 Å². The largest absolute Gasteiger partial charge is 0.489 e. The zero-order valence-corrected chi connectivity index (χ0v) is 20.6. The lowest BCUT2D eigenvalue weighted by atomic mass is 10.0. The average molecular weight is 492 g/mol. The number of benzene rings is 3. The lowest BCUT2D eigenvalue weighted by molar-refractivity contribution is 0.298. The van der Waals surface area contributed by atoms with E-state index in [4.69, 9.17) is 32.5 Å². The number of fused-ring (bicyclic) bond motifs is 1. The van der Waals surface area contributed by atoms with Gasteiger partial charge in [0.25, 0.3) is 0 Å². The molecule has 0 bridgehead atoms. The van der Waals surface area contributed by atoms with Crippen LogP contribution in [0.4, 0.5) is 0 Å². The molecule has 5 rings (SSSR count). The van der Waals surface area contributed by atoms with Gasteiger partial charge in [0, 0.05) is 23.9 Å². The predicted molar refractivity (Wildman–Crippen MR) is 137 cm³/mol. The minimum absolute atomic E-state index is 0.130. The standard InChI is InChI=1S/C27H23Cl2N3O2/c1-16(2)27-21(26(31-34-27)25-22(28)5-4-6-23(25)29)15-33-20-11-9-17(10-12-20)18-7-8-19-14-30-32(3)24(19)13-18/h4-14,16H,15H2,1-3H3. The topological polar surface area (TPSA) is 53.1 Å². The van der Waals surface area contributed by atoms with Crippen LogP contribution in [0.5, 0.6) is 5.75 Å². The Morgan fingerprint density at radius 3 is 2.38 bits per heavy atom. The van der Waals surface area contributed by atoms with Crippen LogP contribution in [-0.4, -0.2) is 14.9 Å². The van der Waals surface area contributed by atoms with Gasteiger partial charge >= 0.3 is 0 Å². The highest BCUT2D eigenvalue weighted by Crippen LogP contribution is 2.39. The van der Waals surface area contributed by atoms with Crippen molar-refractivity contribution in [3.63, 3.8) is 0 Å². The summed E-state index contributed by atoms with van der Waals surface area (Å²) in [5, 5.41) is 10.8. The molecule has 0 aliphatic rings. The van der Waals surface area contributed by atoms with Crippen LogP contribution in [0.1, 0.15) is 31.1 Å². The van der Waals surface area contributed by atoms with Crippen molar-refractivity contribution in [2.24, 2.45) is 7.05 Å². The average Bonchev–Trinajstić information content (AvgIpc) is 3.41. The van der Waals surface area contributed by atoms with E-state index in [9.17, 15) is 0 Å². The number of hydrogen-bond acceptors (Lipinski definition) is 4. The Kier molecular flexibility index (Phi) is 6.07. The molecule has 0 saturated heterocycles. The molecule has 0 aliphatic carbocycles. The lowest BCUT2D eigenvalue weighted by Crippen LogP contribution is -2.01. The molecule has 0 unspecified atom stereocenters. The van der Waals surface area contributed by atoms with E-state index in [0.29, 0.717) is 21.3 Å². The highest BCUT2D eigenvalue weighted by molar-refractivity contribution is 6.39. The zero-order valence-electron chi connectivity index (χ0n) is 19.0. The summed E-state index contributed by atoms with van der Waals surface area (Å²) >= 11 is 12.9. The molecular weight excluding hydrogens is 469 g/mol. The van der Waals surface area contributed by atoms with Crippen LogP contribution in [0.15, 0.2) is 71.4 Å². The molecule has 34 heavy (non-hydrogen) atoms. The molecule has 3 aromatic carbocycles. The zero-order chi connectivity index (χ0) is 23.8. The maximum Gasteiger partial charge on any atom is 0.146 e. The van der Waals surface area contributed by atoms with Gasteiger partial charge in [0.1, 0.15) is 23.8 Å². The van der Waals surface area contributed by atoms with Crippen molar-refractivity contribution in [3.05, 3.63) is 88.2 Å². The number of nitrogens with zero attached hydrogens (tertiary/aromatic N) is 3. The van der Waals surface area contributed by atoms with Gasteiger partial charge in [-0.1, -0.05) is 72.5 Å². The number of hydrogen-bond donors (Lipinski definition) is 0. The Hall–Kier alpha value is -3.28. The number of aryl methyl sites for hydroxylation is 1. The smallest absolute Gasteiger partial charge is 0.146 e. The van der Waals surface area contributed by atoms with Crippen molar-refractivity contribution in [3.8, 4) is 28.1 Å². The van der Waals surface area contributed by atoms with E-state index in [0.717, 1.165) is 39.1 Å². The fourth-order valence-corrected chi connectivity index (χ4v) is 4.63. The first kappa shape index (κ1) is 22.5. The van der Waals surface area contributed by atoms with Gasteiger partial charge in [-0.3, -0.25) is 4.68 Å². The molecule has 172 valence electrons. The van der Waals surface area contributed by atoms with Crippen molar-refractivity contribution >= 4 is 34.1 Å². The van der Waals surface area contributed by atoms with Gasteiger partial charge in [-0.2, -0.15) is 5.10 Å². The summed E-state index contributed by atoms with van der Waals surface area (Å²) < 4.78 is 13.7. The summed E-state index contributed by atoms with van der Waals surface area (Å²) in [6.07, 6.45) is 1.87. The van der Waals surface area contributed by atoms with E-state index in [2.05, 4.69) is 54.4 Å². The predicted octanol–water partition coefficient (Wildman–Crippen LogP) is 7.90. The number of rotatable bonds is 6. The summed E-state index contributed by atoms with van der Waals surface area (Å²) in [5.41, 5.74) is 5.43. The molecule has 2 aromatic heterocycles. The van der Waals surface area contributed by atoms with Crippen LogP contribution in [0, 0.1) is 0 Å². The minimum atomic E-state index is 0.130. The molecule has 0 atom stereocenters. The van der Waals surface area contributed by atoms with E-state index in [1.807, 2.05) is 30.1 Å². The summed E-state index contributed by atoms with van der Waals surface area (Å²) in [5.74, 6) is 1.63. The third kappa shape index (κ3) is 4.17. The first-order valence-electron chi connectivity index (χ1n) is 11.0. The van der Waals surface area contributed by atoms with Gasteiger partial charge in [0.15, 0.2) is 0 Å². The summed E-state index contributed by atoms with van der Waals surface area (Å²) in [6, 6.07) is 19.8. The third-order valence-electron chi connectivity index (χ3n) is 5.86. The lowest BCUT2D eigenvalue weighted by Gasteiger charge is -2.11. The molecule has 0 saturated carbocycles. The maximum absolute atomic E-state index is 6.44. The molecule has 0 fully saturated rings. The molecule has 0 radical (unpaired) electrons. The monoisotopic (exact) mass is 491 g/mol. The van der Waals surface area contributed by atoms with Crippen molar-refractivity contribution in [2.45, 2.75) is 26.4 Å². The molecular formula is C27H23Cl2N3O2. The minimum Gasteiger partial charge on any atom is -0.489 e. The fraction of sp³-hybridized carbons (Fsp3) is 0.185. The molecule has 5 nitrogen and oxygen atoms in total.